The van der Waals surface area contributed by atoms with Gasteiger partial charge in [-0.3, -0.25) is 4.79 Å². The minimum atomic E-state index is -0.520. The Morgan fingerprint density at radius 2 is 2.14 bits per heavy atom. The summed E-state index contributed by atoms with van der Waals surface area (Å²) in [5.41, 5.74) is 2.75. The van der Waals surface area contributed by atoms with Crippen LogP contribution in [0.3, 0.4) is 0 Å². The third kappa shape index (κ3) is 4.56. The molecule has 28 heavy (non-hydrogen) atoms. The second kappa shape index (κ2) is 9.07. The summed E-state index contributed by atoms with van der Waals surface area (Å²) in [6.07, 6.45) is 0.932. The van der Waals surface area contributed by atoms with Crippen molar-refractivity contribution in [2.45, 2.75) is 38.9 Å². The second-order valence-corrected chi connectivity index (χ2v) is 8.69. The smallest absolute Gasteiger partial charge is 0.234 e. The van der Waals surface area contributed by atoms with E-state index >= 15 is 0 Å². The summed E-state index contributed by atoms with van der Waals surface area (Å²) in [5, 5.41) is 14.2. The zero-order valence-corrected chi connectivity index (χ0v) is 18.1. The third-order valence-corrected chi connectivity index (χ3v) is 6.50. The van der Waals surface area contributed by atoms with Crippen LogP contribution in [-0.2, 0) is 11.3 Å². The van der Waals surface area contributed by atoms with Crippen molar-refractivity contribution in [2.24, 2.45) is 0 Å². The maximum atomic E-state index is 13.2. The Bertz CT molecular complexity index is 1000. The molecular weight excluding hydrogens is 419 g/mol. The molecular formula is C19H20ClFN4OS2. The van der Waals surface area contributed by atoms with Crippen LogP contribution in [0.5, 0.6) is 0 Å². The van der Waals surface area contributed by atoms with E-state index in [1.54, 1.807) is 11.3 Å². The normalized spacial score (nSPS) is 11.0. The number of thiophene rings is 1. The van der Waals surface area contributed by atoms with Gasteiger partial charge in [0.1, 0.15) is 5.82 Å². The number of hydrogen-bond acceptors (Lipinski definition) is 5. The lowest BCUT2D eigenvalue weighted by Crippen LogP contribution is -2.14. The molecule has 0 saturated carbocycles. The summed E-state index contributed by atoms with van der Waals surface area (Å²) in [4.78, 5) is 13.5. The Morgan fingerprint density at radius 3 is 2.79 bits per heavy atom. The van der Waals surface area contributed by atoms with Gasteiger partial charge in [0.2, 0.25) is 5.91 Å². The van der Waals surface area contributed by atoms with E-state index in [1.165, 1.54) is 40.4 Å². The largest absolute Gasteiger partial charge is 0.325 e. The minimum absolute atomic E-state index is 0.0285. The second-order valence-electron chi connectivity index (χ2n) is 6.25. The van der Waals surface area contributed by atoms with Gasteiger partial charge >= 0.3 is 0 Å². The fourth-order valence-electron chi connectivity index (χ4n) is 2.66. The average Bonchev–Trinajstić information content (AvgIpc) is 3.20. The molecule has 1 N–H and O–H groups in total. The van der Waals surface area contributed by atoms with Crippen molar-refractivity contribution in [3.63, 3.8) is 0 Å². The quantitative estimate of drug-likeness (QED) is 0.491. The lowest BCUT2D eigenvalue weighted by atomic mass is 10.1. The summed E-state index contributed by atoms with van der Waals surface area (Å²) in [6, 6.07) is 4.09. The first-order chi connectivity index (χ1) is 13.4. The van der Waals surface area contributed by atoms with Crippen molar-refractivity contribution in [2.75, 3.05) is 11.1 Å². The molecule has 2 aromatic heterocycles. The molecule has 0 unspecified atom stereocenters. The van der Waals surface area contributed by atoms with Crippen LogP contribution in [-0.4, -0.2) is 26.4 Å². The fraction of sp³-hybridized carbons (Fsp3) is 0.316. The van der Waals surface area contributed by atoms with Gasteiger partial charge in [0.05, 0.1) is 10.8 Å². The van der Waals surface area contributed by atoms with Crippen LogP contribution in [0.1, 0.15) is 23.8 Å². The highest BCUT2D eigenvalue weighted by Gasteiger charge is 2.18. The van der Waals surface area contributed by atoms with Crippen LogP contribution in [0, 0.1) is 19.7 Å². The predicted molar refractivity (Wildman–Crippen MR) is 114 cm³/mol. The number of nitrogens with zero attached hydrogens (tertiary/aromatic N) is 3. The van der Waals surface area contributed by atoms with E-state index in [2.05, 4.69) is 46.2 Å². The molecule has 9 heteroatoms. The van der Waals surface area contributed by atoms with E-state index in [0.29, 0.717) is 10.8 Å². The standard InChI is InChI=1S/C19H20ClFN4OS2/c1-4-7-25-18(14-9-27-12(3)11(14)2)23-24-19(25)28-10-17(26)22-13-5-6-16(21)15(20)8-13/h5-6,8-9H,4,7,10H2,1-3H3,(H,22,26). The van der Waals surface area contributed by atoms with Crippen LogP contribution in [0.15, 0.2) is 28.7 Å². The highest BCUT2D eigenvalue weighted by atomic mass is 35.5. The molecule has 1 amide bonds. The van der Waals surface area contributed by atoms with E-state index in [4.69, 9.17) is 11.6 Å². The Labute approximate surface area is 176 Å². The average molecular weight is 439 g/mol. The lowest BCUT2D eigenvalue weighted by molar-refractivity contribution is -0.113. The van der Waals surface area contributed by atoms with Crippen LogP contribution >= 0.6 is 34.7 Å². The minimum Gasteiger partial charge on any atom is -0.325 e. The molecule has 3 aromatic rings. The van der Waals surface area contributed by atoms with Crippen molar-refractivity contribution < 1.29 is 9.18 Å². The maximum Gasteiger partial charge on any atom is 0.234 e. The van der Waals surface area contributed by atoms with Crippen molar-refractivity contribution in [1.82, 2.24) is 14.8 Å². The number of anilines is 1. The summed E-state index contributed by atoms with van der Waals surface area (Å²) in [7, 11) is 0. The van der Waals surface area contributed by atoms with Gasteiger partial charge in [-0.05, 0) is 44.0 Å². The highest BCUT2D eigenvalue weighted by molar-refractivity contribution is 7.99. The summed E-state index contributed by atoms with van der Waals surface area (Å²) < 4.78 is 15.3. The molecule has 0 aliphatic heterocycles. The number of nitrogens with one attached hydrogen (secondary N) is 1. The summed E-state index contributed by atoms with van der Waals surface area (Å²) >= 11 is 8.77. The van der Waals surface area contributed by atoms with Crippen molar-refractivity contribution in [3.05, 3.63) is 44.9 Å². The van der Waals surface area contributed by atoms with Gasteiger partial charge in [-0.1, -0.05) is 30.3 Å². The first-order valence-corrected chi connectivity index (χ1v) is 11.0. The molecule has 1 aromatic carbocycles. The molecule has 0 fully saturated rings. The van der Waals surface area contributed by atoms with Crippen molar-refractivity contribution in [3.8, 4) is 11.4 Å². The molecule has 0 radical (unpaired) electrons. The topological polar surface area (TPSA) is 59.8 Å². The zero-order chi connectivity index (χ0) is 20.3. The van der Waals surface area contributed by atoms with E-state index in [1.807, 2.05) is 0 Å². The van der Waals surface area contributed by atoms with Gasteiger partial charge in [-0.25, -0.2) is 4.39 Å². The van der Waals surface area contributed by atoms with Crippen LogP contribution in [0.4, 0.5) is 10.1 Å². The highest BCUT2D eigenvalue weighted by Crippen LogP contribution is 2.31. The predicted octanol–water partition coefficient (Wildman–Crippen LogP) is 5.56. The summed E-state index contributed by atoms with van der Waals surface area (Å²) in [6.45, 7) is 7.04. The number of carbonyl (C=O) groups is 1. The molecule has 3 rings (SSSR count). The number of benzene rings is 1. The Hall–Kier alpha value is -1.90. The van der Waals surface area contributed by atoms with E-state index in [9.17, 15) is 9.18 Å². The third-order valence-electron chi connectivity index (χ3n) is 4.23. The number of halogens is 2. The molecule has 148 valence electrons. The molecule has 0 spiro atoms. The van der Waals surface area contributed by atoms with Gasteiger partial charge in [0, 0.05) is 28.1 Å². The van der Waals surface area contributed by atoms with Gasteiger partial charge in [0.25, 0.3) is 0 Å². The fourth-order valence-corrected chi connectivity index (χ4v) is 4.46. The molecule has 0 atom stereocenters. The molecule has 0 aliphatic rings. The van der Waals surface area contributed by atoms with Crippen LogP contribution < -0.4 is 5.32 Å². The van der Waals surface area contributed by atoms with Crippen molar-refractivity contribution >= 4 is 46.3 Å². The van der Waals surface area contributed by atoms with Crippen LogP contribution in [0.25, 0.3) is 11.4 Å². The van der Waals surface area contributed by atoms with E-state index in [-0.39, 0.29) is 16.7 Å². The molecule has 2 heterocycles. The van der Waals surface area contributed by atoms with E-state index < -0.39 is 5.82 Å². The van der Waals surface area contributed by atoms with Gasteiger partial charge in [-0.2, -0.15) is 0 Å². The maximum absolute atomic E-state index is 13.2. The Morgan fingerprint density at radius 1 is 1.36 bits per heavy atom. The number of hydrogen-bond donors (Lipinski definition) is 1. The Balaban J connectivity index is 1.72. The lowest BCUT2D eigenvalue weighted by Gasteiger charge is -2.09. The number of thioether (sulfide) groups is 1. The first kappa shape index (κ1) is 20.8. The van der Waals surface area contributed by atoms with Gasteiger partial charge in [-0.15, -0.1) is 21.5 Å². The number of rotatable bonds is 7. The number of amides is 1. The number of aryl methyl sites for hydroxylation is 1. The summed E-state index contributed by atoms with van der Waals surface area (Å²) in [5.74, 6) is 0.256. The number of aromatic nitrogens is 3. The molecule has 0 saturated heterocycles. The van der Waals surface area contributed by atoms with Gasteiger partial charge in [0.15, 0.2) is 11.0 Å². The molecule has 0 aliphatic carbocycles. The molecule has 5 nitrogen and oxygen atoms in total. The Kier molecular flexibility index (Phi) is 6.74. The zero-order valence-electron chi connectivity index (χ0n) is 15.8. The monoisotopic (exact) mass is 438 g/mol. The van der Waals surface area contributed by atoms with Gasteiger partial charge < -0.3 is 9.88 Å². The SMILES string of the molecule is CCCn1c(SCC(=O)Nc2ccc(F)c(Cl)c2)nnc1-c1csc(C)c1C. The number of carbonyl (C=O) groups excluding carboxylic acids is 1. The molecule has 0 bridgehead atoms. The van der Waals surface area contributed by atoms with Crippen LogP contribution in [0.2, 0.25) is 5.02 Å². The van der Waals surface area contributed by atoms with Crippen molar-refractivity contribution in [1.29, 1.82) is 0 Å². The van der Waals surface area contributed by atoms with E-state index in [0.717, 1.165) is 24.4 Å². The first-order valence-electron chi connectivity index (χ1n) is 8.76.